The number of rotatable bonds is 1. The lowest BCUT2D eigenvalue weighted by Crippen LogP contribution is -1.72. The highest BCUT2D eigenvalue weighted by atomic mass is 16.4. The Morgan fingerprint density at radius 2 is 2.57 bits per heavy atom. The van der Waals surface area contributed by atoms with Gasteiger partial charge in [0, 0.05) is 0 Å². The highest BCUT2D eigenvalue weighted by Crippen LogP contribution is 1.96. The first-order valence-corrected chi connectivity index (χ1v) is 2.10. The summed E-state index contributed by atoms with van der Waals surface area (Å²) in [7, 11) is 0. The third-order valence-electron chi connectivity index (χ3n) is 0.754. The predicted octanol–water partition coefficient (Wildman–Crippen LogP) is 0.504. The number of hydrogen-bond acceptors (Lipinski definition) is 1. The molecule has 7 heavy (non-hydrogen) atoms. The summed E-state index contributed by atoms with van der Waals surface area (Å²) in [6, 6.07) is 3.57. The summed E-state index contributed by atoms with van der Waals surface area (Å²) in [6.45, 7) is 0.243. The Balaban J connectivity index is 2.76. The molecule has 1 rings (SSSR count). The molecule has 0 aliphatic carbocycles. The third kappa shape index (κ3) is 0.810. The Labute approximate surface area is 41.4 Å². The second-order valence-electron chi connectivity index (χ2n) is 1.26. The summed E-state index contributed by atoms with van der Waals surface area (Å²) >= 11 is 0. The van der Waals surface area contributed by atoms with E-state index in [2.05, 4.69) is 0 Å². The molecule has 2 N–H and O–H groups in total. The van der Waals surface area contributed by atoms with Gasteiger partial charge in [-0.15, -0.1) is 0 Å². The molecular weight excluding hydrogens is 92.1 g/mol. The van der Waals surface area contributed by atoms with Crippen LogP contribution in [0.1, 0.15) is 5.76 Å². The Morgan fingerprint density at radius 1 is 1.71 bits per heavy atom. The van der Waals surface area contributed by atoms with E-state index in [1.165, 1.54) is 0 Å². The van der Waals surface area contributed by atoms with E-state index >= 15 is 0 Å². The summed E-state index contributed by atoms with van der Waals surface area (Å²) in [5.41, 5.74) is 0. The molecule has 0 amide bonds. The van der Waals surface area contributed by atoms with E-state index in [0.29, 0.717) is 0 Å². The van der Waals surface area contributed by atoms with Crippen molar-refractivity contribution in [1.82, 2.24) is 0 Å². The maximum Gasteiger partial charge on any atom is 0.202 e. The van der Waals surface area contributed by atoms with Crippen LogP contribution in [-0.2, 0) is 6.61 Å². The molecule has 1 heterocycles. The maximum atomic E-state index is 6.77. The molecule has 0 unspecified atom stereocenters. The van der Waals surface area contributed by atoms with E-state index in [1.54, 1.807) is 18.4 Å². The average Bonchev–Trinajstić information content (AvgIpc) is 2.14. The van der Waals surface area contributed by atoms with Crippen molar-refractivity contribution in [2.24, 2.45) is 0 Å². The molecule has 0 aliphatic heterocycles. The molecule has 0 atom stereocenters. The highest BCUT2D eigenvalue weighted by molar-refractivity contribution is 4.95. The van der Waals surface area contributed by atoms with E-state index in [4.69, 9.17) is 9.52 Å². The molecular formula is C5H7O2+. The SMILES string of the molecule is [OH2+]Cc1ccco1. The Morgan fingerprint density at radius 3 is 2.86 bits per heavy atom. The third-order valence-corrected chi connectivity index (χ3v) is 0.754. The van der Waals surface area contributed by atoms with Gasteiger partial charge < -0.3 is 9.52 Å². The quantitative estimate of drug-likeness (QED) is 0.472. The van der Waals surface area contributed by atoms with E-state index in [1.807, 2.05) is 0 Å². The fourth-order valence-corrected chi connectivity index (χ4v) is 0.413. The summed E-state index contributed by atoms with van der Waals surface area (Å²) < 4.78 is 4.80. The minimum Gasteiger partial charge on any atom is -0.461 e. The van der Waals surface area contributed by atoms with Crippen molar-refractivity contribution >= 4 is 0 Å². The lowest BCUT2D eigenvalue weighted by molar-refractivity contribution is 0.247. The van der Waals surface area contributed by atoms with Crippen LogP contribution >= 0.6 is 0 Å². The molecule has 0 aromatic carbocycles. The molecule has 38 valence electrons. The summed E-state index contributed by atoms with van der Waals surface area (Å²) in [6.07, 6.45) is 1.57. The zero-order valence-electron chi connectivity index (χ0n) is 3.85. The van der Waals surface area contributed by atoms with Crippen molar-refractivity contribution in [3.63, 3.8) is 0 Å². The van der Waals surface area contributed by atoms with Gasteiger partial charge in [0.25, 0.3) is 0 Å². The van der Waals surface area contributed by atoms with Crippen LogP contribution in [0.5, 0.6) is 0 Å². The fourth-order valence-electron chi connectivity index (χ4n) is 0.413. The number of hydrogen-bond donors (Lipinski definition) is 0. The van der Waals surface area contributed by atoms with E-state index in [-0.39, 0.29) is 6.61 Å². The molecule has 0 saturated heterocycles. The second-order valence-corrected chi connectivity index (χ2v) is 1.26. The minimum absolute atomic E-state index is 0.243. The van der Waals surface area contributed by atoms with Gasteiger partial charge in [0.05, 0.1) is 6.26 Å². The van der Waals surface area contributed by atoms with Crippen LogP contribution in [0.3, 0.4) is 0 Å². The molecule has 2 heteroatoms. The van der Waals surface area contributed by atoms with Crippen LogP contribution in [-0.4, -0.2) is 5.11 Å². The summed E-state index contributed by atoms with van der Waals surface area (Å²) in [5.74, 6) is 0.722. The van der Waals surface area contributed by atoms with Crippen LogP contribution in [0.25, 0.3) is 0 Å². The largest absolute Gasteiger partial charge is 0.461 e. The molecule has 1 aromatic heterocycles. The topological polar surface area (TPSA) is 36.0 Å². The molecule has 0 bridgehead atoms. The summed E-state index contributed by atoms with van der Waals surface area (Å²) in [4.78, 5) is 0. The Hall–Kier alpha value is -0.760. The standard InChI is InChI=1S/C5H6O2/c6-4-5-2-1-3-7-5/h1-3,6H,4H2/p+1. The van der Waals surface area contributed by atoms with Crippen LogP contribution in [0.4, 0.5) is 0 Å². The van der Waals surface area contributed by atoms with Gasteiger partial charge in [-0.2, -0.15) is 0 Å². The van der Waals surface area contributed by atoms with Crippen LogP contribution < -0.4 is 0 Å². The van der Waals surface area contributed by atoms with Crippen LogP contribution in [0.2, 0.25) is 0 Å². The van der Waals surface area contributed by atoms with Gasteiger partial charge in [-0.3, -0.25) is 0 Å². The fraction of sp³-hybridized carbons (Fsp3) is 0.200. The first-order chi connectivity index (χ1) is 3.43. The van der Waals surface area contributed by atoms with Gasteiger partial charge in [0.2, 0.25) is 6.61 Å². The van der Waals surface area contributed by atoms with E-state index in [0.717, 1.165) is 5.76 Å². The van der Waals surface area contributed by atoms with Gasteiger partial charge in [-0.05, 0) is 12.1 Å². The van der Waals surface area contributed by atoms with Crippen molar-refractivity contribution in [2.45, 2.75) is 6.61 Å². The smallest absolute Gasteiger partial charge is 0.202 e. The van der Waals surface area contributed by atoms with Gasteiger partial charge in [0.1, 0.15) is 0 Å². The Kier molecular flexibility index (Phi) is 1.13. The monoisotopic (exact) mass is 99.0 g/mol. The van der Waals surface area contributed by atoms with Gasteiger partial charge >= 0.3 is 0 Å². The van der Waals surface area contributed by atoms with Crippen molar-refractivity contribution < 1.29 is 9.52 Å². The van der Waals surface area contributed by atoms with Gasteiger partial charge in [0.15, 0.2) is 5.76 Å². The molecule has 1 aromatic rings. The lowest BCUT2D eigenvalue weighted by atomic mass is 10.5. The molecule has 0 spiro atoms. The molecule has 2 nitrogen and oxygen atoms in total. The predicted molar refractivity (Wildman–Crippen MR) is 26.0 cm³/mol. The van der Waals surface area contributed by atoms with Crippen molar-refractivity contribution in [3.05, 3.63) is 24.2 Å². The highest BCUT2D eigenvalue weighted by Gasteiger charge is 1.89. The molecule has 0 aliphatic rings. The van der Waals surface area contributed by atoms with Gasteiger partial charge in [-0.25, -0.2) is 0 Å². The molecule has 0 radical (unpaired) electrons. The van der Waals surface area contributed by atoms with Crippen molar-refractivity contribution in [1.29, 1.82) is 0 Å². The van der Waals surface area contributed by atoms with Crippen LogP contribution in [0, 0.1) is 0 Å². The van der Waals surface area contributed by atoms with Crippen LogP contribution in [0.15, 0.2) is 22.8 Å². The van der Waals surface area contributed by atoms with Crippen molar-refractivity contribution in [2.75, 3.05) is 0 Å². The van der Waals surface area contributed by atoms with Crippen molar-refractivity contribution in [3.8, 4) is 0 Å². The molecule has 0 saturated carbocycles. The first-order valence-electron chi connectivity index (χ1n) is 2.10. The average molecular weight is 99.1 g/mol. The second kappa shape index (κ2) is 1.80. The first kappa shape index (κ1) is 4.40. The van der Waals surface area contributed by atoms with E-state index < -0.39 is 0 Å². The normalized spacial score (nSPS) is 9.29. The van der Waals surface area contributed by atoms with Gasteiger partial charge in [-0.1, -0.05) is 0 Å². The maximum absolute atomic E-state index is 6.77. The number of furan rings is 1. The zero-order valence-corrected chi connectivity index (χ0v) is 3.85. The lowest BCUT2D eigenvalue weighted by Gasteiger charge is -1.76. The summed E-state index contributed by atoms with van der Waals surface area (Å²) in [5, 5.41) is 6.77. The zero-order chi connectivity index (χ0) is 5.11. The minimum atomic E-state index is 0.243. The van der Waals surface area contributed by atoms with E-state index in [9.17, 15) is 0 Å². The Bertz CT molecular complexity index is 121. The molecule has 0 fully saturated rings.